The van der Waals surface area contributed by atoms with Gasteiger partial charge in [-0.3, -0.25) is 14.9 Å². The second-order valence-corrected chi connectivity index (χ2v) is 5.10. The molecule has 0 radical (unpaired) electrons. The Hall–Kier alpha value is -2.60. The van der Waals surface area contributed by atoms with Crippen LogP contribution in [0.4, 0.5) is 17.1 Å². The zero-order valence-electron chi connectivity index (χ0n) is 11.8. The van der Waals surface area contributed by atoms with Crippen molar-refractivity contribution in [3.63, 3.8) is 0 Å². The van der Waals surface area contributed by atoms with E-state index >= 15 is 0 Å². The van der Waals surface area contributed by atoms with Gasteiger partial charge in [-0.2, -0.15) is 0 Å². The molecule has 2 aromatic rings. The molecule has 0 aliphatic rings. The lowest BCUT2D eigenvalue weighted by Gasteiger charge is -2.10. The van der Waals surface area contributed by atoms with E-state index in [0.717, 1.165) is 5.56 Å². The zero-order chi connectivity index (χ0) is 16.1. The lowest BCUT2D eigenvalue weighted by Crippen LogP contribution is -2.22. The van der Waals surface area contributed by atoms with Crippen molar-refractivity contribution in [3.8, 4) is 0 Å². The van der Waals surface area contributed by atoms with Crippen LogP contribution in [0.25, 0.3) is 0 Å². The predicted octanol–water partition coefficient (Wildman–Crippen LogP) is 3.61. The Morgan fingerprint density at radius 3 is 2.73 bits per heavy atom. The lowest BCUT2D eigenvalue weighted by atomic mass is 10.2. The summed E-state index contributed by atoms with van der Waals surface area (Å²) >= 11 is 5.85. The number of carbonyl (C=O) groups excluding carboxylic acids is 1. The van der Waals surface area contributed by atoms with Gasteiger partial charge in [0.25, 0.3) is 5.69 Å². The number of non-ortho nitro benzene ring substituents is 1. The highest BCUT2D eigenvalue weighted by Crippen LogP contribution is 2.20. The number of hydrogen-bond donors (Lipinski definition) is 2. The van der Waals surface area contributed by atoms with Crippen LogP contribution in [0.15, 0.2) is 42.5 Å². The number of nitro benzene ring substituents is 1. The second-order valence-electron chi connectivity index (χ2n) is 4.67. The van der Waals surface area contributed by atoms with E-state index in [1.54, 1.807) is 30.3 Å². The number of aryl methyl sites for hydroxylation is 1. The Kier molecular flexibility index (Phi) is 4.95. The van der Waals surface area contributed by atoms with Crippen LogP contribution in [0.5, 0.6) is 0 Å². The third-order valence-electron chi connectivity index (χ3n) is 2.97. The van der Waals surface area contributed by atoms with Gasteiger partial charge in [-0.15, -0.1) is 0 Å². The standard InChI is InChI=1S/C15H14ClN3O3/c1-10-7-11(16)5-6-14(10)18-15(20)9-17-12-3-2-4-13(8-12)19(21)22/h2-8,17H,9H2,1H3,(H,18,20). The molecule has 0 spiro atoms. The molecule has 0 bridgehead atoms. The maximum Gasteiger partial charge on any atom is 0.271 e. The lowest BCUT2D eigenvalue weighted by molar-refractivity contribution is -0.384. The number of benzene rings is 2. The summed E-state index contributed by atoms with van der Waals surface area (Å²) in [5, 5.41) is 16.9. The van der Waals surface area contributed by atoms with Crippen molar-refractivity contribution in [1.82, 2.24) is 0 Å². The number of carbonyl (C=O) groups is 1. The highest BCUT2D eigenvalue weighted by molar-refractivity contribution is 6.30. The first-order valence-corrected chi connectivity index (χ1v) is 6.88. The Morgan fingerprint density at radius 2 is 2.05 bits per heavy atom. The van der Waals surface area contributed by atoms with E-state index in [1.807, 2.05) is 6.92 Å². The van der Waals surface area contributed by atoms with Gasteiger partial charge in [-0.05, 0) is 36.8 Å². The topological polar surface area (TPSA) is 84.3 Å². The van der Waals surface area contributed by atoms with E-state index in [9.17, 15) is 14.9 Å². The number of halogens is 1. The molecule has 0 aliphatic heterocycles. The van der Waals surface area contributed by atoms with E-state index in [0.29, 0.717) is 16.4 Å². The van der Waals surface area contributed by atoms with Crippen molar-refractivity contribution < 1.29 is 9.72 Å². The Morgan fingerprint density at radius 1 is 1.27 bits per heavy atom. The summed E-state index contributed by atoms with van der Waals surface area (Å²) in [6.07, 6.45) is 0. The van der Waals surface area contributed by atoms with Crippen LogP contribution in [0.1, 0.15) is 5.56 Å². The van der Waals surface area contributed by atoms with Crippen molar-refractivity contribution in [2.45, 2.75) is 6.92 Å². The Bertz CT molecular complexity index is 719. The molecule has 114 valence electrons. The molecule has 22 heavy (non-hydrogen) atoms. The Labute approximate surface area is 132 Å². The maximum absolute atomic E-state index is 11.9. The van der Waals surface area contributed by atoms with Gasteiger partial charge < -0.3 is 10.6 Å². The zero-order valence-corrected chi connectivity index (χ0v) is 12.6. The van der Waals surface area contributed by atoms with E-state index in [2.05, 4.69) is 10.6 Å². The summed E-state index contributed by atoms with van der Waals surface area (Å²) in [7, 11) is 0. The van der Waals surface area contributed by atoms with E-state index in [4.69, 9.17) is 11.6 Å². The third kappa shape index (κ3) is 4.20. The van der Waals surface area contributed by atoms with Gasteiger partial charge in [0.15, 0.2) is 0 Å². The molecule has 0 saturated heterocycles. The molecular formula is C15H14ClN3O3. The first-order valence-electron chi connectivity index (χ1n) is 6.50. The molecule has 0 aromatic heterocycles. The molecule has 0 aliphatic carbocycles. The van der Waals surface area contributed by atoms with Crippen LogP contribution >= 0.6 is 11.6 Å². The molecule has 2 rings (SSSR count). The van der Waals surface area contributed by atoms with E-state index < -0.39 is 4.92 Å². The Balaban J connectivity index is 1.95. The predicted molar refractivity (Wildman–Crippen MR) is 86.4 cm³/mol. The quantitative estimate of drug-likeness (QED) is 0.651. The van der Waals surface area contributed by atoms with Crippen LogP contribution in [-0.2, 0) is 4.79 Å². The average molecular weight is 320 g/mol. The van der Waals surface area contributed by atoms with Crippen molar-refractivity contribution >= 4 is 34.6 Å². The summed E-state index contributed by atoms with van der Waals surface area (Å²) in [6, 6.07) is 11.2. The van der Waals surface area contributed by atoms with Gasteiger partial charge in [0, 0.05) is 28.5 Å². The van der Waals surface area contributed by atoms with Crippen LogP contribution in [0.3, 0.4) is 0 Å². The normalized spacial score (nSPS) is 10.1. The number of nitrogens with zero attached hydrogens (tertiary/aromatic N) is 1. The van der Waals surface area contributed by atoms with Gasteiger partial charge >= 0.3 is 0 Å². The van der Waals surface area contributed by atoms with Gasteiger partial charge in [-0.25, -0.2) is 0 Å². The van der Waals surface area contributed by atoms with E-state index in [1.165, 1.54) is 12.1 Å². The van der Waals surface area contributed by atoms with Gasteiger partial charge in [0.1, 0.15) is 0 Å². The van der Waals surface area contributed by atoms with Crippen molar-refractivity contribution in [1.29, 1.82) is 0 Å². The first kappa shape index (κ1) is 15.8. The average Bonchev–Trinajstić information content (AvgIpc) is 2.48. The number of nitro groups is 1. The molecule has 0 fully saturated rings. The fourth-order valence-corrected chi connectivity index (χ4v) is 2.10. The highest BCUT2D eigenvalue weighted by atomic mass is 35.5. The van der Waals surface area contributed by atoms with E-state index in [-0.39, 0.29) is 18.1 Å². The second kappa shape index (κ2) is 6.91. The molecule has 2 N–H and O–H groups in total. The number of nitrogens with one attached hydrogen (secondary N) is 2. The molecule has 0 saturated carbocycles. The molecule has 0 unspecified atom stereocenters. The number of anilines is 2. The number of hydrogen-bond acceptors (Lipinski definition) is 4. The summed E-state index contributed by atoms with van der Waals surface area (Å²) in [6.45, 7) is 1.85. The molecule has 7 heteroatoms. The summed E-state index contributed by atoms with van der Waals surface area (Å²) in [4.78, 5) is 22.1. The molecular weight excluding hydrogens is 306 g/mol. The summed E-state index contributed by atoms with van der Waals surface area (Å²) in [5.41, 5.74) is 2.02. The monoisotopic (exact) mass is 319 g/mol. The third-order valence-corrected chi connectivity index (χ3v) is 3.21. The summed E-state index contributed by atoms with van der Waals surface area (Å²) in [5.74, 6) is -0.253. The van der Waals surface area contributed by atoms with Crippen LogP contribution in [-0.4, -0.2) is 17.4 Å². The molecule has 0 heterocycles. The highest BCUT2D eigenvalue weighted by Gasteiger charge is 2.08. The van der Waals surface area contributed by atoms with Gasteiger partial charge in [0.2, 0.25) is 5.91 Å². The van der Waals surface area contributed by atoms with Crippen molar-refractivity contribution in [3.05, 3.63) is 63.2 Å². The van der Waals surface area contributed by atoms with Crippen LogP contribution in [0, 0.1) is 17.0 Å². The SMILES string of the molecule is Cc1cc(Cl)ccc1NC(=O)CNc1cccc([N+](=O)[O-])c1. The molecule has 6 nitrogen and oxygen atoms in total. The van der Waals surface area contributed by atoms with Crippen molar-refractivity contribution in [2.75, 3.05) is 17.2 Å². The minimum absolute atomic E-state index is 0.00321. The fraction of sp³-hybridized carbons (Fsp3) is 0.133. The number of rotatable bonds is 5. The largest absolute Gasteiger partial charge is 0.376 e. The summed E-state index contributed by atoms with van der Waals surface area (Å²) < 4.78 is 0. The minimum atomic E-state index is -0.484. The molecule has 0 atom stereocenters. The first-order chi connectivity index (χ1) is 10.5. The van der Waals surface area contributed by atoms with Crippen LogP contribution < -0.4 is 10.6 Å². The smallest absolute Gasteiger partial charge is 0.271 e. The van der Waals surface area contributed by atoms with Gasteiger partial charge in [-0.1, -0.05) is 17.7 Å². The fourth-order valence-electron chi connectivity index (χ4n) is 1.87. The number of amides is 1. The van der Waals surface area contributed by atoms with Crippen LogP contribution in [0.2, 0.25) is 5.02 Å². The van der Waals surface area contributed by atoms with Crippen molar-refractivity contribution in [2.24, 2.45) is 0 Å². The maximum atomic E-state index is 11.9. The molecule has 2 aromatic carbocycles. The van der Waals surface area contributed by atoms with Gasteiger partial charge in [0.05, 0.1) is 11.5 Å². The molecule has 1 amide bonds. The minimum Gasteiger partial charge on any atom is -0.376 e.